The third-order valence-corrected chi connectivity index (χ3v) is 3.67. The van der Waals surface area contributed by atoms with Crippen molar-refractivity contribution in [3.05, 3.63) is 0 Å². The molecule has 2 unspecified atom stereocenters. The zero-order valence-corrected chi connectivity index (χ0v) is 11.9. The Balaban J connectivity index is 2.52. The minimum Gasteiger partial charge on any atom is -0.480 e. The van der Waals surface area contributed by atoms with E-state index in [0.29, 0.717) is 18.9 Å². The standard InChI is InChI=1S/C13H22N2O5/c1-3-9-5-7-15(10(8-9)12(17)18)13(19)14-6-4-11(16)20-2/h9-10H,3-8H2,1-2H3,(H,14,19)(H,17,18). The third-order valence-electron chi connectivity index (χ3n) is 3.67. The first kappa shape index (κ1) is 16.3. The van der Waals surface area contributed by atoms with Crippen LogP contribution in [0.1, 0.15) is 32.6 Å². The smallest absolute Gasteiger partial charge is 0.326 e. The third kappa shape index (κ3) is 4.40. The Morgan fingerprint density at radius 1 is 1.40 bits per heavy atom. The van der Waals surface area contributed by atoms with Crippen molar-refractivity contribution >= 4 is 18.0 Å². The predicted molar refractivity (Wildman–Crippen MR) is 71.2 cm³/mol. The van der Waals surface area contributed by atoms with Gasteiger partial charge in [-0.2, -0.15) is 0 Å². The molecule has 1 saturated heterocycles. The maximum absolute atomic E-state index is 12.0. The number of likely N-dealkylation sites (tertiary alicyclic amines) is 1. The van der Waals surface area contributed by atoms with Crippen molar-refractivity contribution in [2.45, 2.75) is 38.6 Å². The fourth-order valence-electron chi connectivity index (χ4n) is 2.36. The Kier molecular flexibility index (Phi) is 6.27. The number of carbonyl (C=O) groups excluding carboxylic acids is 2. The first-order valence-electron chi connectivity index (χ1n) is 6.83. The van der Waals surface area contributed by atoms with Gasteiger partial charge in [0, 0.05) is 13.1 Å². The molecule has 0 saturated carbocycles. The number of nitrogens with zero attached hydrogens (tertiary/aromatic N) is 1. The van der Waals surface area contributed by atoms with Crippen LogP contribution < -0.4 is 5.32 Å². The summed E-state index contributed by atoms with van der Waals surface area (Å²) in [6, 6.07) is -1.22. The molecule has 1 fully saturated rings. The van der Waals surface area contributed by atoms with Crippen LogP contribution in [-0.4, -0.2) is 54.2 Å². The van der Waals surface area contributed by atoms with Gasteiger partial charge in [-0.15, -0.1) is 0 Å². The number of hydrogen-bond donors (Lipinski definition) is 2. The van der Waals surface area contributed by atoms with Gasteiger partial charge in [-0.1, -0.05) is 13.3 Å². The highest BCUT2D eigenvalue weighted by molar-refractivity contribution is 5.83. The van der Waals surface area contributed by atoms with E-state index in [-0.39, 0.29) is 13.0 Å². The van der Waals surface area contributed by atoms with E-state index in [1.54, 1.807) is 0 Å². The summed E-state index contributed by atoms with van der Waals surface area (Å²) in [6.07, 6.45) is 2.29. The molecular weight excluding hydrogens is 264 g/mol. The normalized spacial score (nSPS) is 22.2. The highest BCUT2D eigenvalue weighted by Crippen LogP contribution is 2.25. The van der Waals surface area contributed by atoms with Crippen molar-refractivity contribution in [2.24, 2.45) is 5.92 Å². The van der Waals surface area contributed by atoms with E-state index < -0.39 is 24.0 Å². The summed E-state index contributed by atoms with van der Waals surface area (Å²) in [7, 11) is 1.28. The van der Waals surface area contributed by atoms with Crippen LogP contribution in [0.4, 0.5) is 4.79 Å². The molecule has 1 rings (SSSR count). The van der Waals surface area contributed by atoms with Gasteiger partial charge in [-0.05, 0) is 18.8 Å². The number of hydrogen-bond acceptors (Lipinski definition) is 4. The number of methoxy groups -OCH3 is 1. The Labute approximate surface area is 118 Å². The number of nitrogens with one attached hydrogen (secondary N) is 1. The summed E-state index contributed by atoms with van der Waals surface area (Å²) in [5, 5.41) is 11.8. The summed E-state index contributed by atoms with van der Waals surface area (Å²) < 4.78 is 4.47. The molecule has 7 heteroatoms. The molecule has 2 amide bonds. The number of aliphatic carboxylic acids is 1. The van der Waals surface area contributed by atoms with Crippen LogP contribution in [0.3, 0.4) is 0 Å². The van der Waals surface area contributed by atoms with Crippen molar-refractivity contribution in [1.82, 2.24) is 10.2 Å². The quantitative estimate of drug-likeness (QED) is 0.730. The number of urea groups is 1. The highest BCUT2D eigenvalue weighted by atomic mass is 16.5. The Hall–Kier alpha value is -1.79. The molecule has 1 heterocycles. The van der Waals surface area contributed by atoms with E-state index in [9.17, 15) is 19.5 Å². The van der Waals surface area contributed by atoms with E-state index in [1.165, 1.54) is 12.0 Å². The van der Waals surface area contributed by atoms with Crippen LogP contribution in [0.15, 0.2) is 0 Å². The molecule has 2 N–H and O–H groups in total. The van der Waals surface area contributed by atoms with Gasteiger partial charge in [0.05, 0.1) is 13.5 Å². The molecule has 7 nitrogen and oxygen atoms in total. The second-order valence-corrected chi connectivity index (χ2v) is 4.90. The minimum atomic E-state index is -0.980. The second-order valence-electron chi connectivity index (χ2n) is 4.90. The molecule has 0 aromatic carbocycles. The Morgan fingerprint density at radius 2 is 2.10 bits per heavy atom. The maximum Gasteiger partial charge on any atom is 0.326 e. The first-order valence-corrected chi connectivity index (χ1v) is 6.83. The van der Waals surface area contributed by atoms with Gasteiger partial charge in [0.2, 0.25) is 0 Å². The SMILES string of the molecule is CCC1CCN(C(=O)NCCC(=O)OC)C(C(=O)O)C1. The van der Waals surface area contributed by atoms with Crippen molar-refractivity contribution in [3.63, 3.8) is 0 Å². The maximum atomic E-state index is 12.0. The molecular formula is C13H22N2O5. The van der Waals surface area contributed by atoms with Crippen LogP contribution in [0.5, 0.6) is 0 Å². The largest absolute Gasteiger partial charge is 0.480 e. The lowest BCUT2D eigenvalue weighted by Crippen LogP contribution is -2.53. The second kappa shape index (κ2) is 7.72. The number of ether oxygens (including phenoxy) is 1. The number of carbonyl (C=O) groups is 3. The molecule has 0 aromatic rings. The number of piperidine rings is 1. The van der Waals surface area contributed by atoms with Crippen LogP contribution in [0.2, 0.25) is 0 Å². The Morgan fingerprint density at radius 3 is 2.65 bits per heavy atom. The average Bonchev–Trinajstić information content (AvgIpc) is 2.45. The zero-order chi connectivity index (χ0) is 15.1. The number of carboxylic acids is 1. The molecule has 0 aliphatic carbocycles. The molecule has 1 aliphatic heterocycles. The lowest BCUT2D eigenvalue weighted by Gasteiger charge is -2.36. The highest BCUT2D eigenvalue weighted by Gasteiger charge is 2.35. The van der Waals surface area contributed by atoms with Gasteiger partial charge in [-0.25, -0.2) is 9.59 Å². The van der Waals surface area contributed by atoms with Gasteiger partial charge >= 0.3 is 18.0 Å². The van der Waals surface area contributed by atoms with E-state index in [4.69, 9.17) is 0 Å². The molecule has 1 aliphatic rings. The van der Waals surface area contributed by atoms with Crippen LogP contribution >= 0.6 is 0 Å². The minimum absolute atomic E-state index is 0.0748. The molecule has 0 aromatic heterocycles. The van der Waals surface area contributed by atoms with Gasteiger partial charge in [0.15, 0.2) is 0 Å². The summed E-state index contributed by atoms with van der Waals surface area (Å²) in [5.41, 5.74) is 0. The fourth-order valence-corrected chi connectivity index (χ4v) is 2.36. The lowest BCUT2D eigenvalue weighted by molar-refractivity contribution is -0.144. The lowest BCUT2D eigenvalue weighted by atomic mass is 9.89. The van der Waals surface area contributed by atoms with Crippen molar-refractivity contribution in [2.75, 3.05) is 20.2 Å². The molecule has 20 heavy (non-hydrogen) atoms. The van der Waals surface area contributed by atoms with E-state index in [1.807, 2.05) is 6.92 Å². The van der Waals surface area contributed by atoms with Crippen LogP contribution in [-0.2, 0) is 14.3 Å². The number of esters is 1. The number of rotatable bonds is 5. The summed E-state index contributed by atoms with van der Waals surface area (Å²) >= 11 is 0. The number of amides is 2. The average molecular weight is 286 g/mol. The van der Waals surface area contributed by atoms with Crippen LogP contribution in [0.25, 0.3) is 0 Å². The van der Waals surface area contributed by atoms with Gasteiger partial charge < -0.3 is 20.1 Å². The van der Waals surface area contributed by atoms with E-state index in [0.717, 1.165) is 12.8 Å². The fraction of sp³-hybridized carbons (Fsp3) is 0.769. The molecule has 114 valence electrons. The van der Waals surface area contributed by atoms with Gasteiger partial charge in [0.25, 0.3) is 0 Å². The van der Waals surface area contributed by atoms with Gasteiger partial charge in [0.1, 0.15) is 6.04 Å². The van der Waals surface area contributed by atoms with E-state index >= 15 is 0 Å². The zero-order valence-electron chi connectivity index (χ0n) is 11.9. The summed E-state index contributed by atoms with van der Waals surface area (Å²) in [4.78, 5) is 35.5. The van der Waals surface area contributed by atoms with Crippen molar-refractivity contribution in [1.29, 1.82) is 0 Å². The molecule has 0 bridgehead atoms. The van der Waals surface area contributed by atoms with E-state index in [2.05, 4.69) is 10.1 Å². The molecule has 0 radical (unpaired) electrons. The Bertz CT molecular complexity index is 372. The van der Waals surface area contributed by atoms with Gasteiger partial charge in [-0.3, -0.25) is 4.79 Å². The first-order chi connectivity index (χ1) is 9.49. The predicted octanol–water partition coefficient (Wildman–Crippen LogP) is 0.834. The summed E-state index contributed by atoms with van der Waals surface area (Å²) in [6.45, 7) is 2.60. The topological polar surface area (TPSA) is 95.9 Å². The van der Waals surface area contributed by atoms with Crippen LogP contribution in [0, 0.1) is 5.92 Å². The monoisotopic (exact) mass is 286 g/mol. The van der Waals surface area contributed by atoms with Crippen molar-refractivity contribution in [3.8, 4) is 0 Å². The molecule has 2 atom stereocenters. The number of carboxylic acid groups (broad SMARTS) is 1. The summed E-state index contributed by atoms with van der Waals surface area (Å²) in [5.74, 6) is -1.05. The van der Waals surface area contributed by atoms with Crippen molar-refractivity contribution < 1.29 is 24.2 Å². The molecule has 0 spiro atoms.